The molecule has 4 rings (SSSR count). The van der Waals surface area contributed by atoms with E-state index < -0.39 is 22.4 Å². The third kappa shape index (κ3) is 19.9. The Balaban J connectivity index is 1.21. The van der Waals surface area contributed by atoms with E-state index in [1.54, 1.807) is 48.5 Å². The number of carbonyl (C=O) groups excluding carboxylic acids is 4. The van der Waals surface area contributed by atoms with E-state index in [1.807, 2.05) is 90.1 Å². The number of carbonyl (C=O) groups is 4. The lowest BCUT2D eigenvalue weighted by atomic mass is 9.91. The molecule has 0 amide bonds. The van der Waals surface area contributed by atoms with Gasteiger partial charge in [-0.1, -0.05) is 97.1 Å². The number of rotatable bonds is 32. The molecule has 412 valence electrons. The molecule has 75 heavy (non-hydrogen) atoms. The van der Waals surface area contributed by atoms with Gasteiger partial charge in [-0.15, -0.1) is 0 Å². The van der Waals surface area contributed by atoms with E-state index >= 15 is 0 Å². The predicted molar refractivity (Wildman–Crippen MR) is 290 cm³/mol. The summed E-state index contributed by atoms with van der Waals surface area (Å²) in [6.07, 6.45) is -0.867. The van der Waals surface area contributed by atoms with Crippen molar-refractivity contribution in [1.82, 2.24) is 10.6 Å². The average Bonchev–Trinajstić information content (AvgIpc) is 3.35. The number of Topliss-reactive ketones (excluding diaryl/α,β-unsaturated/α-hetero) is 4. The summed E-state index contributed by atoms with van der Waals surface area (Å²) in [6.45, 7) is 25.5. The van der Waals surface area contributed by atoms with Crippen LogP contribution in [0.1, 0.15) is 173 Å². The number of hydrogen-bond acceptors (Lipinski definition) is 15. The summed E-state index contributed by atoms with van der Waals surface area (Å²) in [4.78, 5) is 50.9. The summed E-state index contributed by atoms with van der Waals surface area (Å²) in [5.74, 6) is -1.54. The van der Waals surface area contributed by atoms with E-state index in [9.17, 15) is 39.6 Å². The van der Waals surface area contributed by atoms with E-state index in [0.717, 1.165) is 22.3 Å². The lowest BCUT2D eigenvalue weighted by molar-refractivity contribution is -0.0932. The van der Waals surface area contributed by atoms with E-state index in [0.29, 0.717) is 61.9 Å². The molecule has 15 nitrogen and oxygen atoms in total. The van der Waals surface area contributed by atoms with Crippen LogP contribution in [0.4, 0.5) is 0 Å². The molecule has 6 unspecified atom stereocenters. The quantitative estimate of drug-likeness (QED) is 0.0256. The van der Waals surface area contributed by atoms with Crippen molar-refractivity contribution in [1.29, 1.82) is 0 Å². The molecule has 6 N–H and O–H groups in total. The maximum Gasteiger partial charge on any atom is 0.193 e. The largest absolute Gasteiger partial charge is 0.382 e. The summed E-state index contributed by atoms with van der Waals surface area (Å²) >= 11 is 0. The Kier molecular flexibility index (Phi) is 22.9. The van der Waals surface area contributed by atoms with Gasteiger partial charge in [-0.2, -0.15) is 0 Å². The zero-order valence-electron chi connectivity index (χ0n) is 46.6. The fourth-order valence-corrected chi connectivity index (χ4v) is 7.97. The standard InChI is InChI=1S/C60H84N2O13/c1-37(61-51(43-15-23-47(24-16-43)53(63)57(7,8)67)44-17-25-48(26-18-44)54(64)58(9,10)68)31-71-33-39(3)73-35-41(5)75-36-42(6)74-34-40(4)72-32-38(2)62-52(45-19-27-49(28-20-45)55(65)59(11,12)69)46-21-29-50(30-22-46)56(66)60(13,14)70/h15-30,37-42,51-52,61-62,67-70H,31-36H2,1-14H3. The summed E-state index contributed by atoms with van der Waals surface area (Å²) in [5, 5.41) is 48.3. The maximum absolute atomic E-state index is 12.7. The zero-order chi connectivity index (χ0) is 56.1. The minimum atomic E-state index is -1.51. The molecule has 0 saturated heterocycles. The minimum Gasteiger partial charge on any atom is -0.382 e. The highest BCUT2D eigenvalue weighted by molar-refractivity contribution is 6.03. The topological polar surface area (TPSA) is 219 Å². The van der Waals surface area contributed by atoms with Crippen LogP contribution in [0, 0.1) is 0 Å². The van der Waals surface area contributed by atoms with E-state index in [4.69, 9.17) is 23.7 Å². The number of hydrogen-bond donors (Lipinski definition) is 6. The molecule has 0 aliphatic carbocycles. The van der Waals surface area contributed by atoms with Crippen LogP contribution in [0.15, 0.2) is 97.1 Å². The first kappa shape index (κ1) is 62.7. The van der Waals surface area contributed by atoms with Crippen molar-refractivity contribution in [3.05, 3.63) is 142 Å². The lowest BCUT2D eigenvalue weighted by Gasteiger charge is -2.26. The fraction of sp³-hybridized carbons (Fsp3) is 0.533. The van der Waals surface area contributed by atoms with Crippen molar-refractivity contribution in [2.24, 2.45) is 0 Å². The molecule has 6 atom stereocenters. The van der Waals surface area contributed by atoms with Crippen molar-refractivity contribution in [2.75, 3.05) is 39.6 Å². The van der Waals surface area contributed by atoms with E-state index in [-0.39, 0.29) is 71.7 Å². The molecule has 0 spiro atoms. The van der Waals surface area contributed by atoms with Gasteiger partial charge in [-0.3, -0.25) is 19.2 Å². The van der Waals surface area contributed by atoms with Crippen LogP contribution >= 0.6 is 0 Å². The van der Waals surface area contributed by atoms with Crippen LogP contribution in [-0.2, 0) is 23.7 Å². The van der Waals surface area contributed by atoms with Crippen LogP contribution in [0.2, 0.25) is 0 Å². The number of benzene rings is 4. The minimum absolute atomic E-state index is 0.132. The highest BCUT2D eigenvalue weighted by atomic mass is 16.6. The highest BCUT2D eigenvalue weighted by Gasteiger charge is 2.30. The Bertz CT molecular complexity index is 2290. The molecule has 15 heteroatoms. The third-order valence-corrected chi connectivity index (χ3v) is 12.3. The Morgan fingerprint density at radius 2 is 0.573 bits per heavy atom. The number of ether oxygens (including phenoxy) is 5. The van der Waals surface area contributed by atoms with Crippen molar-refractivity contribution < 1.29 is 63.3 Å². The lowest BCUT2D eigenvalue weighted by Crippen LogP contribution is -2.36. The summed E-state index contributed by atoms with van der Waals surface area (Å²) < 4.78 is 30.5. The number of aliphatic hydroxyl groups is 4. The summed E-state index contributed by atoms with van der Waals surface area (Å²) in [7, 11) is 0. The van der Waals surface area contributed by atoms with Gasteiger partial charge in [0.2, 0.25) is 0 Å². The Hall–Kier alpha value is -4.88. The smallest absolute Gasteiger partial charge is 0.193 e. The summed E-state index contributed by atoms with van der Waals surface area (Å²) in [5.41, 5.74) is -1.03. The predicted octanol–water partition coefficient (Wildman–Crippen LogP) is 7.97. The molecule has 0 heterocycles. The van der Waals surface area contributed by atoms with Crippen molar-refractivity contribution in [3.63, 3.8) is 0 Å². The zero-order valence-corrected chi connectivity index (χ0v) is 46.6. The highest BCUT2D eigenvalue weighted by Crippen LogP contribution is 2.28. The number of nitrogens with one attached hydrogen (secondary N) is 2. The van der Waals surface area contributed by atoms with Crippen LogP contribution in [0.3, 0.4) is 0 Å². The second-order valence-electron chi connectivity index (χ2n) is 22.2. The van der Waals surface area contributed by atoms with Gasteiger partial charge < -0.3 is 54.7 Å². The molecule has 0 bridgehead atoms. The summed E-state index contributed by atoms with van der Waals surface area (Å²) in [6, 6.07) is 27.3. The first-order chi connectivity index (χ1) is 34.8. The molecule has 4 aromatic rings. The van der Waals surface area contributed by atoms with E-state index in [1.165, 1.54) is 55.4 Å². The van der Waals surface area contributed by atoms with Gasteiger partial charge in [0, 0.05) is 34.3 Å². The SMILES string of the molecule is CC(COCC(C)OCC(C)OCC(C)OCC(C)OCC(C)NC(c1ccc(C(=O)C(C)(C)O)cc1)c1ccc(C(=O)C(C)(C)O)cc1)NC(c1ccc(C(=O)C(C)(C)O)cc1)c1ccc(C(=O)C(C)(C)O)cc1. The van der Waals surface area contributed by atoms with Crippen molar-refractivity contribution >= 4 is 23.1 Å². The van der Waals surface area contributed by atoms with Gasteiger partial charge in [-0.25, -0.2) is 0 Å². The van der Waals surface area contributed by atoms with Gasteiger partial charge in [0.1, 0.15) is 22.4 Å². The third-order valence-electron chi connectivity index (χ3n) is 12.3. The van der Waals surface area contributed by atoms with Crippen LogP contribution in [0.5, 0.6) is 0 Å². The Morgan fingerprint density at radius 1 is 0.360 bits per heavy atom. The second kappa shape index (κ2) is 27.4. The first-order valence-electron chi connectivity index (χ1n) is 25.9. The molecule has 0 radical (unpaired) electrons. The fourth-order valence-electron chi connectivity index (χ4n) is 7.97. The normalized spacial score (nSPS) is 15.1. The molecule has 0 aliphatic rings. The van der Waals surface area contributed by atoms with Gasteiger partial charge >= 0.3 is 0 Å². The first-order valence-corrected chi connectivity index (χ1v) is 25.9. The van der Waals surface area contributed by atoms with Gasteiger partial charge in [-0.05, 0) is 119 Å². The molecule has 0 saturated carbocycles. The van der Waals surface area contributed by atoms with Crippen molar-refractivity contribution in [2.45, 2.75) is 168 Å². The molecular formula is C60H84N2O13. The Morgan fingerprint density at radius 3 is 0.813 bits per heavy atom. The maximum atomic E-state index is 12.7. The molecule has 0 aromatic heterocycles. The van der Waals surface area contributed by atoms with Crippen LogP contribution in [0.25, 0.3) is 0 Å². The van der Waals surface area contributed by atoms with Crippen LogP contribution < -0.4 is 10.6 Å². The average molecular weight is 1040 g/mol. The van der Waals surface area contributed by atoms with Gasteiger partial charge in [0.05, 0.1) is 76.1 Å². The van der Waals surface area contributed by atoms with Gasteiger partial charge in [0.15, 0.2) is 23.1 Å². The van der Waals surface area contributed by atoms with Crippen LogP contribution in [-0.4, -0.2) is 142 Å². The second-order valence-corrected chi connectivity index (χ2v) is 22.2. The monoisotopic (exact) mass is 1040 g/mol. The molecule has 4 aromatic carbocycles. The Labute approximate surface area is 444 Å². The molecule has 0 fully saturated rings. The van der Waals surface area contributed by atoms with Crippen molar-refractivity contribution in [3.8, 4) is 0 Å². The molecular weight excluding hydrogens is 957 g/mol. The molecule has 0 aliphatic heterocycles. The van der Waals surface area contributed by atoms with E-state index in [2.05, 4.69) is 10.6 Å². The number of ketones is 4. The van der Waals surface area contributed by atoms with Gasteiger partial charge in [0.25, 0.3) is 0 Å².